The number of rotatable bonds is 4. The van der Waals surface area contributed by atoms with Gasteiger partial charge < -0.3 is 0 Å². The Morgan fingerprint density at radius 3 is 2.04 bits per heavy atom. The number of para-hydroxylation sites is 1. The van der Waals surface area contributed by atoms with Crippen molar-refractivity contribution in [1.82, 2.24) is 0 Å². The molecular formula is C20H16BrNO3S. The number of hydrogen-bond acceptors (Lipinski definition) is 3. The van der Waals surface area contributed by atoms with Gasteiger partial charge in [0.1, 0.15) is 0 Å². The third-order valence-electron chi connectivity index (χ3n) is 3.84. The number of aryl methyl sites for hydroxylation is 1. The zero-order valence-corrected chi connectivity index (χ0v) is 16.4. The molecule has 0 saturated heterocycles. The largest absolute Gasteiger partial charge is 0.273 e. The lowest BCUT2D eigenvalue weighted by Gasteiger charge is -2.23. The molecule has 132 valence electrons. The predicted octanol–water partition coefficient (Wildman–Crippen LogP) is 4.79. The van der Waals surface area contributed by atoms with Crippen molar-refractivity contribution in [2.45, 2.75) is 11.8 Å². The molecule has 26 heavy (non-hydrogen) atoms. The van der Waals surface area contributed by atoms with E-state index in [1.807, 2.05) is 6.92 Å². The zero-order chi connectivity index (χ0) is 18.7. The second-order valence-corrected chi connectivity index (χ2v) is 8.34. The SMILES string of the molecule is Cc1ccc(S(=O)(=O)N(C(=O)c2ccccc2Br)c2ccccc2)cc1. The van der Waals surface area contributed by atoms with E-state index in [1.54, 1.807) is 66.7 Å². The van der Waals surface area contributed by atoms with Crippen molar-refractivity contribution in [3.63, 3.8) is 0 Å². The van der Waals surface area contributed by atoms with Crippen LogP contribution in [0.4, 0.5) is 5.69 Å². The first-order chi connectivity index (χ1) is 12.4. The van der Waals surface area contributed by atoms with Gasteiger partial charge in [-0.05, 0) is 59.3 Å². The summed E-state index contributed by atoms with van der Waals surface area (Å²) in [6, 6.07) is 21.5. The van der Waals surface area contributed by atoms with Crippen LogP contribution in [0, 0.1) is 6.92 Å². The van der Waals surface area contributed by atoms with E-state index >= 15 is 0 Å². The summed E-state index contributed by atoms with van der Waals surface area (Å²) in [4.78, 5) is 13.2. The molecule has 0 aliphatic carbocycles. The number of anilines is 1. The van der Waals surface area contributed by atoms with E-state index in [4.69, 9.17) is 0 Å². The molecule has 0 saturated carbocycles. The van der Waals surface area contributed by atoms with Crippen LogP contribution in [0.2, 0.25) is 0 Å². The van der Waals surface area contributed by atoms with E-state index in [-0.39, 0.29) is 16.1 Å². The van der Waals surface area contributed by atoms with Crippen molar-refractivity contribution in [3.8, 4) is 0 Å². The number of halogens is 1. The summed E-state index contributed by atoms with van der Waals surface area (Å²) >= 11 is 3.33. The van der Waals surface area contributed by atoms with Gasteiger partial charge in [-0.2, -0.15) is 4.31 Å². The fraction of sp³-hybridized carbons (Fsp3) is 0.0500. The van der Waals surface area contributed by atoms with Crippen molar-refractivity contribution in [2.24, 2.45) is 0 Å². The Morgan fingerprint density at radius 1 is 0.846 bits per heavy atom. The van der Waals surface area contributed by atoms with Gasteiger partial charge in [0.25, 0.3) is 15.9 Å². The lowest BCUT2D eigenvalue weighted by atomic mass is 10.2. The van der Waals surface area contributed by atoms with Crippen LogP contribution >= 0.6 is 15.9 Å². The molecule has 0 unspecified atom stereocenters. The Hall–Kier alpha value is -2.44. The molecule has 0 aliphatic rings. The molecule has 0 spiro atoms. The number of carbonyl (C=O) groups is 1. The summed E-state index contributed by atoms with van der Waals surface area (Å²) in [7, 11) is -4.07. The fourth-order valence-electron chi connectivity index (χ4n) is 2.49. The van der Waals surface area contributed by atoms with Gasteiger partial charge in [-0.1, -0.05) is 48.0 Å². The van der Waals surface area contributed by atoms with E-state index in [0.29, 0.717) is 4.47 Å². The maximum atomic E-state index is 13.3. The molecule has 0 fully saturated rings. The quantitative estimate of drug-likeness (QED) is 0.598. The van der Waals surface area contributed by atoms with Crippen molar-refractivity contribution in [1.29, 1.82) is 0 Å². The van der Waals surface area contributed by atoms with Crippen LogP contribution in [0.25, 0.3) is 0 Å². The highest BCUT2D eigenvalue weighted by Gasteiger charge is 2.32. The van der Waals surface area contributed by atoms with Gasteiger partial charge in [0.15, 0.2) is 0 Å². The van der Waals surface area contributed by atoms with Crippen molar-refractivity contribution < 1.29 is 13.2 Å². The van der Waals surface area contributed by atoms with Crippen LogP contribution in [0.5, 0.6) is 0 Å². The maximum absolute atomic E-state index is 13.3. The van der Waals surface area contributed by atoms with Crippen LogP contribution in [0.3, 0.4) is 0 Å². The monoisotopic (exact) mass is 429 g/mol. The predicted molar refractivity (Wildman–Crippen MR) is 106 cm³/mol. The summed E-state index contributed by atoms with van der Waals surface area (Å²) in [6.07, 6.45) is 0. The molecule has 0 heterocycles. The first-order valence-corrected chi connectivity index (χ1v) is 10.1. The van der Waals surface area contributed by atoms with Gasteiger partial charge in [-0.3, -0.25) is 4.79 Å². The Bertz CT molecular complexity index is 1030. The molecule has 0 atom stereocenters. The highest BCUT2D eigenvalue weighted by Crippen LogP contribution is 2.28. The molecule has 6 heteroatoms. The average molecular weight is 430 g/mol. The Labute approximate surface area is 161 Å². The number of carbonyl (C=O) groups excluding carboxylic acids is 1. The number of benzene rings is 3. The first kappa shape index (κ1) is 18.4. The van der Waals surface area contributed by atoms with E-state index in [2.05, 4.69) is 15.9 Å². The standard InChI is InChI=1S/C20H16BrNO3S/c1-15-11-13-17(14-12-15)26(24,25)22(16-7-3-2-4-8-16)20(23)18-9-5-6-10-19(18)21/h2-14H,1H3. The number of nitrogens with zero attached hydrogens (tertiary/aromatic N) is 1. The van der Waals surface area contributed by atoms with Gasteiger partial charge in [0.05, 0.1) is 16.1 Å². The fourth-order valence-corrected chi connectivity index (χ4v) is 4.35. The summed E-state index contributed by atoms with van der Waals surface area (Å²) in [5, 5.41) is 0. The van der Waals surface area contributed by atoms with E-state index in [1.165, 1.54) is 12.1 Å². The van der Waals surface area contributed by atoms with Crippen molar-refractivity contribution in [3.05, 3.63) is 94.5 Å². The number of hydrogen-bond donors (Lipinski definition) is 0. The molecule has 0 aliphatic heterocycles. The highest BCUT2D eigenvalue weighted by molar-refractivity contribution is 9.10. The third kappa shape index (κ3) is 3.57. The Balaban J connectivity index is 2.18. The van der Waals surface area contributed by atoms with Crippen molar-refractivity contribution in [2.75, 3.05) is 4.31 Å². The zero-order valence-electron chi connectivity index (χ0n) is 14.0. The van der Waals surface area contributed by atoms with E-state index in [0.717, 1.165) is 9.87 Å². The number of amides is 1. The minimum atomic E-state index is -4.07. The van der Waals surface area contributed by atoms with E-state index in [9.17, 15) is 13.2 Å². The van der Waals surface area contributed by atoms with Gasteiger partial charge in [0.2, 0.25) is 0 Å². The van der Waals surface area contributed by atoms with Gasteiger partial charge in [-0.25, -0.2) is 8.42 Å². The van der Waals surface area contributed by atoms with Crippen molar-refractivity contribution >= 4 is 37.5 Å². The van der Waals surface area contributed by atoms with Gasteiger partial charge in [-0.15, -0.1) is 0 Å². The second-order valence-electron chi connectivity index (χ2n) is 5.70. The lowest BCUT2D eigenvalue weighted by molar-refractivity contribution is 0.100. The average Bonchev–Trinajstić information content (AvgIpc) is 2.63. The normalized spacial score (nSPS) is 11.2. The second kappa shape index (κ2) is 7.43. The summed E-state index contributed by atoms with van der Waals surface area (Å²) in [6.45, 7) is 1.87. The third-order valence-corrected chi connectivity index (χ3v) is 6.26. The topological polar surface area (TPSA) is 54.5 Å². The molecule has 0 N–H and O–H groups in total. The summed E-state index contributed by atoms with van der Waals surface area (Å²) in [5.74, 6) is -0.621. The van der Waals surface area contributed by atoms with Gasteiger partial charge in [0, 0.05) is 4.47 Å². The minimum absolute atomic E-state index is 0.0624. The van der Waals surface area contributed by atoms with Crippen LogP contribution < -0.4 is 4.31 Å². The number of sulfonamides is 1. The van der Waals surface area contributed by atoms with E-state index < -0.39 is 15.9 Å². The molecule has 3 aromatic rings. The molecule has 0 radical (unpaired) electrons. The highest BCUT2D eigenvalue weighted by atomic mass is 79.9. The van der Waals surface area contributed by atoms with Gasteiger partial charge >= 0.3 is 0 Å². The van der Waals surface area contributed by atoms with Crippen LogP contribution in [0.15, 0.2) is 88.2 Å². The minimum Gasteiger partial charge on any atom is -0.268 e. The Kier molecular flexibility index (Phi) is 5.25. The smallest absolute Gasteiger partial charge is 0.268 e. The molecule has 0 bridgehead atoms. The molecule has 3 rings (SSSR count). The summed E-state index contributed by atoms with van der Waals surface area (Å²) < 4.78 is 27.9. The van der Waals surface area contributed by atoms with Crippen LogP contribution in [-0.4, -0.2) is 14.3 Å². The molecule has 0 aromatic heterocycles. The van der Waals surface area contributed by atoms with Crippen LogP contribution in [-0.2, 0) is 10.0 Å². The Morgan fingerprint density at radius 2 is 1.42 bits per heavy atom. The molecule has 3 aromatic carbocycles. The molecule has 4 nitrogen and oxygen atoms in total. The summed E-state index contributed by atoms with van der Waals surface area (Å²) in [5.41, 5.74) is 1.49. The van der Waals surface area contributed by atoms with Crippen LogP contribution in [0.1, 0.15) is 15.9 Å². The molecular weight excluding hydrogens is 414 g/mol. The maximum Gasteiger partial charge on any atom is 0.273 e. The first-order valence-electron chi connectivity index (χ1n) is 7.87. The lowest BCUT2D eigenvalue weighted by Crippen LogP contribution is -2.37. The molecule has 1 amide bonds.